The van der Waals surface area contributed by atoms with Gasteiger partial charge < -0.3 is 111 Å². The van der Waals surface area contributed by atoms with E-state index in [1.165, 1.54) is 38.9 Å². The Balaban J connectivity index is 0.000000546. The van der Waals surface area contributed by atoms with Crippen LogP contribution in [0.3, 0.4) is 0 Å². The molecule has 56 heteroatoms. The van der Waals surface area contributed by atoms with Crippen LogP contribution in [0.2, 0.25) is 0 Å². The number of esters is 6. The molecule has 5 N–H and O–H groups in total. The fraction of sp³-hybridized carbons (Fsp3) is 0.791. The van der Waals surface area contributed by atoms with Gasteiger partial charge in [0.2, 0.25) is 11.4 Å². The summed E-state index contributed by atoms with van der Waals surface area (Å²) in [6, 6.07) is 3.59. The first-order valence-electron chi connectivity index (χ1n) is 44.8. The van der Waals surface area contributed by atoms with E-state index in [0.717, 1.165) is 29.5 Å². The van der Waals surface area contributed by atoms with Gasteiger partial charge in [-0.1, -0.05) is 68.6 Å². The summed E-state index contributed by atoms with van der Waals surface area (Å²) in [5.41, 5.74) is 27.8. The minimum Gasteiger partial charge on any atom is -0.464 e. The van der Waals surface area contributed by atoms with Crippen LogP contribution in [-0.2, 0) is 163 Å². The molecule has 9 saturated heterocycles. The van der Waals surface area contributed by atoms with E-state index in [1.54, 1.807) is 141 Å². The second-order valence-corrected chi connectivity index (χ2v) is 39.5. The lowest BCUT2D eigenvalue weighted by Crippen LogP contribution is -2.54. The molecule has 9 fully saturated rings. The summed E-state index contributed by atoms with van der Waals surface area (Å²) in [5.74, 6) is -9.17. The SMILES string of the molecule is C=C(C)C(=O)OCC.CC1(C)OCC(C=O)O1.CCOC(=O)/C(C)=C/C1COC(C)(C)O1.CCOC(=O)[C@@](C)(O)[C@H](O)C1COC(C)(C)O1.CCOC(=O)[C@@]1(C)OS(=O)(=O)O[C@@H]1C1COC(C)(C)O1.CC[C@@](C)(N=[N+]=[N-])[C@H](OS(C)(=O)=O)C1COC(C)(C)O1.CC[C@H]1OC(=O)[C@](C)(N=[N+]=[N-])[C@@H]1C.CC[C@H]1O[C@@](O)(c2ccc3c(SC)ncnn23)[C@](C)(N=[N+]=[N-])[C@@H]1C.C[C@]1(N=[N+]=[N-])C(=O)O[C@H](CO)[C@H]1O.O=C=O. The summed E-state index contributed by atoms with van der Waals surface area (Å²) in [4.78, 5) is 109. The first-order chi connectivity index (χ1) is 65.5. The van der Waals surface area contributed by atoms with Crippen molar-refractivity contribution in [1.82, 2.24) is 14.6 Å². The van der Waals surface area contributed by atoms with Gasteiger partial charge in [-0.25, -0.2) is 37.0 Å². The third-order valence-corrected chi connectivity index (χ3v) is 25.0. The molecule has 11 heterocycles. The topological polar surface area (TPSA) is 733 Å². The van der Waals surface area contributed by atoms with Crippen LogP contribution in [0.1, 0.15) is 212 Å². The van der Waals surface area contributed by atoms with Gasteiger partial charge in [0, 0.05) is 36.7 Å². The van der Waals surface area contributed by atoms with Crippen molar-refractivity contribution >= 4 is 86.0 Å². The molecule has 2 aromatic heterocycles. The maximum Gasteiger partial charge on any atom is 0.401 e. The Labute approximate surface area is 828 Å². The highest BCUT2D eigenvalue weighted by atomic mass is 32.3. The molecule has 0 radical (unpaired) electrons. The Kier molecular flexibility index (Phi) is 49.7. The van der Waals surface area contributed by atoms with E-state index in [2.05, 4.69) is 66.2 Å². The van der Waals surface area contributed by atoms with Crippen LogP contribution in [0.4, 0.5) is 0 Å². The number of hydrogen-bond acceptors (Lipinski definition) is 45. The van der Waals surface area contributed by atoms with E-state index in [1.807, 2.05) is 53.9 Å². The molecule has 11 rings (SSSR count). The maximum absolute atomic E-state index is 12.0. The fourth-order valence-corrected chi connectivity index (χ4v) is 16.9. The number of aliphatic hydroxyl groups is 5. The Morgan fingerprint density at radius 2 is 1.15 bits per heavy atom. The molecule has 804 valence electrons. The van der Waals surface area contributed by atoms with E-state index in [0.29, 0.717) is 56.1 Å². The Morgan fingerprint density at radius 1 is 0.676 bits per heavy atom. The molecule has 0 aromatic carbocycles. The number of carbonyl (C=O) groups is 7. The average Bonchev–Trinajstić information content (AvgIpc) is 1.55. The van der Waals surface area contributed by atoms with Gasteiger partial charge in [-0.15, -0.1) is 11.8 Å². The molecule has 142 heavy (non-hydrogen) atoms. The number of thioether (sulfide) groups is 1. The lowest BCUT2D eigenvalue weighted by Gasteiger charge is -2.35. The predicted molar refractivity (Wildman–Crippen MR) is 496 cm³/mol. The number of hydrogen-bond donors (Lipinski definition) is 5. The molecule has 5 unspecified atom stereocenters. The van der Waals surface area contributed by atoms with Crippen molar-refractivity contribution in [2.75, 3.05) is 78.6 Å². The number of azide groups is 4. The zero-order valence-corrected chi connectivity index (χ0v) is 88.0. The molecule has 9 aliphatic heterocycles. The first-order valence-corrected chi connectivity index (χ1v) is 49.1. The normalized spacial score (nSPS) is 30.4. The van der Waals surface area contributed by atoms with Crippen molar-refractivity contribution in [3.8, 4) is 0 Å². The smallest absolute Gasteiger partial charge is 0.401 e. The van der Waals surface area contributed by atoms with Crippen molar-refractivity contribution in [2.24, 2.45) is 32.3 Å². The fourth-order valence-electron chi connectivity index (χ4n) is 14.5. The summed E-state index contributed by atoms with van der Waals surface area (Å²) in [6.07, 6.45) is 0.0907. The zero-order chi connectivity index (χ0) is 109. The van der Waals surface area contributed by atoms with E-state index in [9.17, 15) is 70.8 Å². The van der Waals surface area contributed by atoms with Crippen LogP contribution in [0.25, 0.3) is 47.3 Å². The lowest BCUT2D eigenvalue weighted by molar-refractivity contribution is -0.228. The summed E-state index contributed by atoms with van der Waals surface area (Å²) >= 11 is 1.49. The van der Waals surface area contributed by atoms with Crippen molar-refractivity contribution in [3.63, 3.8) is 0 Å². The lowest BCUT2D eigenvalue weighted by atomic mass is 9.79. The van der Waals surface area contributed by atoms with Crippen LogP contribution in [0.15, 0.2) is 67.7 Å². The molecule has 53 nitrogen and oxygen atoms in total. The van der Waals surface area contributed by atoms with Gasteiger partial charge in [-0.2, -0.15) is 31.5 Å². The van der Waals surface area contributed by atoms with E-state index >= 15 is 0 Å². The number of rotatable bonds is 27. The molecule has 0 saturated carbocycles. The summed E-state index contributed by atoms with van der Waals surface area (Å²) in [7, 11) is -8.01. The number of cyclic esters (lactones) is 2. The van der Waals surface area contributed by atoms with Gasteiger partial charge in [0.05, 0.1) is 89.5 Å². The number of nitrogens with zero attached hydrogens (tertiary/aromatic N) is 15. The van der Waals surface area contributed by atoms with Crippen molar-refractivity contribution in [2.45, 2.75) is 353 Å². The number of fused-ring (bicyclic) bond motifs is 1. The Hall–Kier alpha value is -9.30. The van der Waals surface area contributed by atoms with Crippen molar-refractivity contribution < 1.29 is 179 Å². The highest BCUT2D eigenvalue weighted by molar-refractivity contribution is 7.98. The standard InChI is InChI=1S/C15H20N6O2S.C11H21N3O5S.C11H18O8S.C11H20O6.C11H18O4.C8H13N3O2.C6H9N3O4.C6H10O3.C6H10O2.CO2/c1-5-11-9(2)14(3,19-20-16)15(22,23-11)12-7-6-10-13(24-4)17-8-18-21(10)12;1-6-11(4,13-14-12)9(19-20(5,15)16)8-7-17-10(2,3)18-8;1-5-15-9(12)11(4)8(18-20(13,14)19-11)7-6-16-10(2,3)17-7;1-5-15-9(13)11(4,14)8(12)7-6-16-10(2,3)17-7;1-5-13-10(12)8(2)6-9-7-14-11(3,4)15-9;1-4-6-5(2)8(3,10-11-9)7(12)13-6;1-6(8-9-7)4(11)3(2-10)13-5(6)12;1-6(2)8-4-5(3-7)9-6;1-4-8-6(7)5(2)3;2-1-3/h6-9,11,22H,5H2,1-4H3;8-9H,6-7H2,1-5H3;7-8H,5-6H2,1-4H3;7-8,12,14H,5-6H2,1-4H3;6,9H,5,7H2,1-4H3;5-6H,4H2,1-3H3;3-4,10-11H,2H2,1H3;3,5H,4H2,1-2H3;2,4H2,1,3H3;/b;;;;8-6+;;;;;/t9-,11-,14-,15+;8?,9-,11-;2*7?,8-,11+;;5-,6-,8-;3-,4-,6-;;;/m1111.11.../s1. The minimum atomic E-state index is -4.28. The van der Waals surface area contributed by atoms with Gasteiger partial charge >= 0.3 is 52.4 Å². The number of carbonyl (C=O) groups excluding carboxylic acids is 9. The monoisotopic (exact) mass is 2090 g/mol. The van der Waals surface area contributed by atoms with Crippen molar-refractivity contribution in [1.29, 1.82) is 0 Å². The van der Waals surface area contributed by atoms with E-state index in [4.69, 9.17) is 120 Å². The molecule has 9 aliphatic rings. The van der Waals surface area contributed by atoms with Crippen LogP contribution >= 0.6 is 11.8 Å². The van der Waals surface area contributed by atoms with Gasteiger partial charge in [0.1, 0.15) is 89.2 Å². The second kappa shape index (κ2) is 54.8. The highest BCUT2D eigenvalue weighted by Gasteiger charge is 2.64. The Morgan fingerprint density at radius 3 is 1.55 bits per heavy atom. The third-order valence-electron chi connectivity index (χ3n) is 22.7. The van der Waals surface area contributed by atoms with Gasteiger partial charge in [-0.05, 0) is 217 Å². The second-order valence-electron chi connectivity index (χ2n) is 35.9. The molecule has 0 bridgehead atoms. The van der Waals surface area contributed by atoms with E-state index < -0.39 is 168 Å². The minimum absolute atomic E-state index is 0.0547. The maximum atomic E-state index is 12.0. The predicted octanol–water partition coefficient (Wildman–Crippen LogP) is 8.89. The summed E-state index contributed by atoms with van der Waals surface area (Å²) in [5, 5.41) is 68.9. The molecular weight excluding hydrogens is 1950 g/mol. The van der Waals surface area contributed by atoms with Crippen LogP contribution < -0.4 is 0 Å². The third kappa shape index (κ3) is 35.3. The van der Waals surface area contributed by atoms with Crippen LogP contribution in [0.5, 0.6) is 0 Å². The van der Waals surface area contributed by atoms with Crippen LogP contribution in [0, 0.1) is 11.8 Å². The van der Waals surface area contributed by atoms with Crippen LogP contribution in [-0.4, -0.2) is 319 Å². The zero-order valence-electron chi connectivity index (χ0n) is 85.5. The number of aliphatic hydroxyl groups excluding tert-OH is 3. The number of ether oxygens (including phenoxy) is 17. The molecular formula is C86H139N15O38S3. The van der Waals surface area contributed by atoms with Crippen molar-refractivity contribution in [3.05, 3.63) is 89.7 Å². The molecule has 2 aromatic rings. The first kappa shape index (κ1) is 129. The van der Waals surface area contributed by atoms with Gasteiger partial charge in [0.15, 0.2) is 52.5 Å². The largest absolute Gasteiger partial charge is 0.464 e. The highest BCUT2D eigenvalue weighted by Crippen LogP contribution is 2.52. The molecule has 0 amide bonds. The van der Waals surface area contributed by atoms with Gasteiger partial charge in [0.25, 0.3) is 10.1 Å². The molecule has 0 aliphatic carbocycles. The Bertz CT molecular complexity index is 5040. The number of aldehydes is 1. The summed E-state index contributed by atoms with van der Waals surface area (Å²) in [6.45, 7) is 51.0. The van der Waals surface area contributed by atoms with Gasteiger partial charge in [-0.3, -0.25) is 13.8 Å². The quantitative estimate of drug-likeness (QED) is 0.00641. The molecule has 0 spiro atoms. The summed E-state index contributed by atoms with van der Waals surface area (Å²) < 4.78 is 151. The number of aromatic nitrogens is 3. The average molecular weight is 2090 g/mol. The van der Waals surface area contributed by atoms with E-state index in [-0.39, 0.29) is 87.4 Å². The molecule has 21 atom stereocenters.